The summed E-state index contributed by atoms with van der Waals surface area (Å²) in [5.41, 5.74) is 2.89. The fourth-order valence-corrected chi connectivity index (χ4v) is 3.00. The summed E-state index contributed by atoms with van der Waals surface area (Å²) in [6.45, 7) is 0.415. The predicted molar refractivity (Wildman–Crippen MR) is 89.9 cm³/mol. The number of benzene rings is 2. The zero-order valence-corrected chi connectivity index (χ0v) is 13.8. The Morgan fingerprint density at radius 2 is 1.60 bits per heavy atom. The summed E-state index contributed by atoms with van der Waals surface area (Å²) in [7, 11) is 3.13. The van der Waals surface area contributed by atoms with E-state index in [-0.39, 0.29) is 19.4 Å². The number of carbonyl (C=O) groups excluding carboxylic acids is 1. The van der Waals surface area contributed by atoms with E-state index in [2.05, 4.69) is 0 Å². The first-order chi connectivity index (χ1) is 12.2. The highest BCUT2D eigenvalue weighted by Crippen LogP contribution is 2.40. The van der Waals surface area contributed by atoms with Crippen molar-refractivity contribution in [2.75, 3.05) is 27.6 Å². The van der Waals surface area contributed by atoms with Gasteiger partial charge in [0.25, 0.3) is 0 Å². The summed E-state index contributed by atoms with van der Waals surface area (Å²) >= 11 is 0. The van der Waals surface area contributed by atoms with Gasteiger partial charge in [-0.05, 0) is 35.4 Å². The number of cyclic esters (lactones) is 1. The highest BCUT2D eigenvalue weighted by atomic mass is 16.7. The summed E-state index contributed by atoms with van der Waals surface area (Å²) in [5, 5.41) is 0. The Labute approximate surface area is 144 Å². The van der Waals surface area contributed by atoms with Crippen LogP contribution >= 0.6 is 0 Å². The summed E-state index contributed by atoms with van der Waals surface area (Å²) in [5.74, 6) is 2.15. The first-order valence-corrected chi connectivity index (χ1v) is 7.74. The van der Waals surface area contributed by atoms with Crippen LogP contribution in [0.5, 0.6) is 23.0 Å². The molecule has 4 rings (SSSR count). The summed E-state index contributed by atoms with van der Waals surface area (Å²) in [4.78, 5) is 12.3. The molecule has 0 saturated carbocycles. The zero-order chi connectivity index (χ0) is 17.4. The van der Waals surface area contributed by atoms with Crippen LogP contribution in [0.25, 0.3) is 11.1 Å². The highest BCUT2D eigenvalue weighted by molar-refractivity contribution is 6.27. The summed E-state index contributed by atoms with van der Waals surface area (Å²) < 4.78 is 26.6. The molecular weight excluding hydrogens is 324 g/mol. The Balaban J connectivity index is 1.82. The van der Waals surface area contributed by atoms with Crippen molar-refractivity contribution >= 4 is 17.1 Å². The largest absolute Gasteiger partial charge is 0.493 e. The van der Waals surface area contributed by atoms with Gasteiger partial charge in [0.1, 0.15) is 6.61 Å². The summed E-state index contributed by atoms with van der Waals surface area (Å²) in [6, 6.07) is 10.9. The molecule has 0 bridgehead atoms. The van der Waals surface area contributed by atoms with Gasteiger partial charge in [-0.3, -0.25) is 0 Å². The van der Waals surface area contributed by atoms with Crippen LogP contribution in [0.2, 0.25) is 0 Å². The lowest BCUT2D eigenvalue weighted by atomic mass is 9.96. The Hall–Kier alpha value is -3.15. The van der Waals surface area contributed by atoms with Gasteiger partial charge in [0, 0.05) is 5.57 Å². The molecule has 2 aliphatic rings. The SMILES string of the molecule is COc1ccc(C2=C(c3ccc4c(c3)OCO4)COC2=O)cc1OC. The number of esters is 1. The predicted octanol–water partition coefficient (Wildman–Crippen LogP) is 2.90. The van der Waals surface area contributed by atoms with Crippen molar-refractivity contribution in [1.82, 2.24) is 0 Å². The molecule has 0 atom stereocenters. The van der Waals surface area contributed by atoms with E-state index in [0.29, 0.717) is 34.1 Å². The second-order valence-corrected chi connectivity index (χ2v) is 5.57. The lowest BCUT2D eigenvalue weighted by molar-refractivity contribution is -0.133. The normalized spacial score (nSPS) is 15.4. The number of hydrogen-bond donors (Lipinski definition) is 0. The van der Waals surface area contributed by atoms with E-state index in [4.69, 9.17) is 23.7 Å². The highest BCUT2D eigenvalue weighted by Gasteiger charge is 2.29. The van der Waals surface area contributed by atoms with E-state index in [0.717, 1.165) is 11.1 Å². The number of fused-ring (bicyclic) bond motifs is 1. The third-order valence-electron chi connectivity index (χ3n) is 4.25. The minimum Gasteiger partial charge on any atom is -0.493 e. The van der Waals surface area contributed by atoms with Gasteiger partial charge in [-0.1, -0.05) is 12.1 Å². The van der Waals surface area contributed by atoms with Crippen molar-refractivity contribution in [2.45, 2.75) is 0 Å². The molecule has 0 spiro atoms. The number of methoxy groups -OCH3 is 2. The minimum atomic E-state index is -0.361. The molecule has 25 heavy (non-hydrogen) atoms. The van der Waals surface area contributed by atoms with Crippen LogP contribution in [0, 0.1) is 0 Å². The molecule has 0 fully saturated rings. The number of rotatable bonds is 4. The zero-order valence-electron chi connectivity index (χ0n) is 13.8. The molecule has 0 unspecified atom stereocenters. The van der Waals surface area contributed by atoms with Crippen molar-refractivity contribution in [3.05, 3.63) is 47.5 Å². The fourth-order valence-electron chi connectivity index (χ4n) is 3.00. The standard InChI is InChI=1S/C19H16O6/c1-21-14-5-4-12(8-16(14)22-2)18-13(9-23-19(18)20)11-3-6-15-17(7-11)25-10-24-15/h3-8H,9-10H2,1-2H3. The van der Waals surface area contributed by atoms with Crippen LogP contribution in [0.4, 0.5) is 0 Å². The quantitative estimate of drug-likeness (QED) is 0.798. The molecule has 0 radical (unpaired) electrons. The van der Waals surface area contributed by atoms with Gasteiger partial charge in [0.15, 0.2) is 23.0 Å². The maximum atomic E-state index is 12.3. The van der Waals surface area contributed by atoms with E-state index >= 15 is 0 Å². The van der Waals surface area contributed by atoms with Gasteiger partial charge in [-0.15, -0.1) is 0 Å². The summed E-state index contributed by atoms with van der Waals surface area (Å²) in [6.07, 6.45) is 0. The van der Waals surface area contributed by atoms with E-state index in [1.165, 1.54) is 0 Å². The molecular formula is C19H16O6. The first kappa shape index (κ1) is 15.4. The lowest BCUT2D eigenvalue weighted by Gasteiger charge is -2.10. The first-order valence-electron chi connectivity index (χ1n) is 7.74. The lowest BCUT2D eigenvalue weighted by Crippen LogP contribution is -2.00. The molecule has 6 heteroatoms. The van der Waals surface area contributed by atoms with Crippen molar-refractivity contribution in [1.29, 1.82) is 0 Å². The van der Waals surface area contributed by atoms with Crippen molar-refractivity contribution in [3.8, 4) is 23.0 Å². The van der Waals surface area contributed by atoms with Crippen LogP contribution < -0.4 is 18.9 Å². The Morgan fingerprint density at radius 3 is 2.40 bits per heavy atom. The number of hydrogen-bond acceptors (Lipinski definition) is 6. The Bertz CT molecular complexity index is 883. The second kappa shape index (κ2) is 6.05. The van der Waals surface area contributed by atoms with E-state index in [1.807, 2.05) is 24.3 Å². The average Bonchev–Trinajstić information content (AvgIpc) is 3.26. The number of ether oxygens (including phenoxy) is 5. The fraction of sp³-hybridized carbons (Fsp3) is 0.211. The average molecular weight is 340 g/mol. The molecule has 2 aromatic carbocycles. The molecule has 0 aromatic heterocycles. The maximum Gasteiger partial charge on any atom is 0.339 e. The van der Waals surface area contributed by atoms with Crippen molar-refractivity contribution < 1.29 is 28.5 Å². The Morgan fingerprint density at radius 1 is 0.840 bits per heavy atom. The molecule has 0 saturated heterocycles. The second-order valence-electron chi connectivity index (χ2n) is 5.57. The molecule has 6 nitrogen and oxygen atoms in total. The van der Waals surface area contributed by atoms with Gasteiger partial charge < -0.3 is 23.7 Å². The van der Waals surface area contributed by atoms with Crippen LogP contribution in [0.15, 0.2) is 36.4 Å². The van der Waals surface area contributed by atoms with Crippen LogP contribution in [-0.4, -0.2) is 33.6 Å². The third-order valence-corrected chi connectivity index (χ3v) is 4.25. The minimum absolute atomic E-state index is 0.204. The van der Waals surface area contributed by atoms with E-state index in [1.54, 1.807) is 26.4 Å². The van der Waals surface area contributed by atoms with Crippen LogP contribution in [-0.2, 0) is 9.53 Å². The van der Waals surface area contributed by atoms with Gasteiger partial charge >= 0.3 is 5.97 Å². The molecule has 2 aliphatic heterocycles. The maximum absolute atomic E-state index is 12.3. The Kier molecular flexibility index (Phi) is 3.72. The smallest absolute Gasteiger partial charge is 0.339 e. The molecule has 128 valence electrons. The van der Waals surface area contributed by atoms with Crippen molar-refractivity contribution in [3.63, 3.8) is 0 Å². The van der Waals surface area contributed by atoms with E-state index in [9.17, 15) is 4.79 Å². The van der Waals surface area contributed by atoms with Crippen LogP contribution in [0.3, 0.4) is 0 Å². The van der Waals surface area contributed by atoms with Crippen LogP contribution in [0.1, 0.15) is 11.1 Å². The molecule has 0 aliphatic carbocycles. The molecule has 0 N–H and O–H groups in total. The van der Waals surface area contributed by atoms with E-state index < -0.39 is 0 Å². The topological polar surface area (TPSA) is 63.2 Å². The van der Waals surface area contributed by atoms with Gasteiger partial charge in [-0.2, -0.15) is 0 Å². The van der Waals surface area contributed by atoms with Crippen molar-refractivity contribution in [2.24, 2.45) is 0 Å². The monoisotopic (exact) mass is 340 g/mol. The number of carbonyl (C=O) groups is 1. The molecule has 2 aromatic rings. The molecule has 2 heterocycles. The van der Waals surface area contributed by atoms with Gasteiger partial charge in [0.05, 0.1) is 19.8 Å². The molecule has 0 amide bonds. The van der Waals surface area contributed by atoms with Gasteiger partial charge in [-0.25, -0.2) is 4.79 Å². The third kappa shape index (κ3) is 2.55. The van der Waals surface area contributed by atoms with Gasteiger partial charge in [0.2, 0.25) is 6.79 Å².